The molecule has 1 nitrogen and oxygen atoms in total. The van der Waals surface area contributed by atoms with Gasteiger partial charge in [0.15, 0.2) is 0 Å². The van der Waals surface area contributed by atoms with E-state index < -0.39 is 19.5 Å². The van der Waals surface area contributed by atoms with E-state index in [-0.39, 0.29) is 0 Å². The Bertz CT molecular complexity index is 712. The van der Waals surface area contributed by atoms with E-state index in [2.05, 4.69) is 41.3 Å². The summed E-state index contributed by atoms with van der Waals surface area (Å²) >= 11 is -3.32. The number of benzene rings is 2. The summed E-state index contributed by atoms with van der Waals surface area (Å²) in [5.41, 5.74) is 2.59. The molecule has 0 saturated heterocycles. The van der Waals surface area contributed by atoms with Crippen molar-refractivity contribution in [2.75, 3.05) is 10.8 Å². The number of thioether (sulfide) groups is 1. The molecule has 2 aromatic carbocycles. The van der Waals surface area contributed by atoms with Crippen LogP contribution in [0, 0.1) is 0 Å². The van der Waals surface area contributed by atoms with Crippen LogP contribution in [0.4, 0.5) is 22.6 Å². The van der Waals surface area contributed by atoms with Crippen molar-refractivity contribution < 1.29 is 16.9 Å². The molecule has 1 aliphatic rings. The fourth-order valence-corrected chi connectivity index (χ4v) is 3.20. The van der Waals surface area contributed by atoms with E-state index in [0.717, 1.165) is 17.4 Å². The van der Waals surface area contributed by atoms with E-state index in [0.29, 0.717) is 0 Å². The van der Waals surface area contributed by atoms with Gasteiger partial charge in [-0.3, -0.25) is 0 Å². The van der Waals surface area contributed by atoms with Crippen LogP contribution in [0.25, 0.3) is 0 Å². The molecule has 134 valence electrons. The van der Waals surface area contributed by atoms with Crippen LogP contribution in [0.1, 0.15) is 5.56 Å². The van der Waals surface area contributed by atoms with Gasteiger partial charge in [-0.25, -0.2) is 0 Å². The van der Waals surface area contributed by atoms with Crippen LogP contribution in [-0.2, 0) is 6.54 Å². The third-order valence-electron chi connectivity index (χ3n) is 2.85. The summed E-state index contributed by atoms with van der Waals surface area (Å²) in [7, 11) is 0. The summed E-state index contributed by atoms with van der Waals surface area (Å²) in [5.74, 6) is 1.00. The Morgan fingerprint density at radius 3 is 2.12 bits per heavy atom. The van der Waals surface area contributed by atoms with Gasteiger partial charge in [0.1, 0.15) is 0 Å². The second kappa shape index (κ2) is 6.22. The van der Waals surface area contributed by atoms with Crippen molar-refractivity contribution in [1.82, 2.24) is 0 Å². The predicted octanol–water partition coefficient (Wildman–Crippen LogP) is 6.55. The van der Waals surface area contributed by atoms with Gasteiger partial charge in [0.25, 0.3) is 0 Å². The minimum absolute atomic E-state index is 0.810. The van der Waals surface area contributed by atoms with Crippen molar-refractivity contribution >= 4 is 48.5 Å². The van der Waals surface area contributed by atoms with Gasteiger partial charge in [-0.05, 0) is 23.8 Å². The van der Waals surface area contributed by atoms with Crippen molar-refractivity contribution in [2.24, 2.45) is 0 Å². The third kappa shape index (κ3) is 7.90. The van der Waals surface area contributed by atoms with Gasteiger partial charge in [0.05, 0.1) is 11.6 Å². The van der Waals surface area contributed by atoms with Crippen LogP contribution in [0.3, 0.4) is 0 Å². The zero-order valence-electron chi connectivity index (χ0n) is 12.0. The number of nitrogens with zero attached hydrogens (tertiary/aromatic N) is 1. The first-order valence-electron chi connectivity index (χ1n) is 6.55. The summed E-state index contributed by atoms with van der Waals surface area (Å²) in [6, 6.07) is 16.6. The normalized spacial score (nSPS) is 16.5. The van der Waals surface area contributed by atoms with Gasteiger partial charge < -0.3 is 4.90 Å². The summed E-state index contributed by atoms with van der Waals surface area (Å²) in [6.45, 7) is 0.946. The second-order valence-corrected chi connectivity index (χ2v) is 11.9. The Morgan fingerprint density at radius 1 is 0.958 bits per heavy atom. The Labute approximate surface area is 146 Å². The number of halogens is 7. The van der Waals surface area contributed by atoms with E-state index in [1.54, 1.807) is 0 Å². The molecule has 0 radical (unpaired) electrons. The zero-order chi connectivity index (χ0) is 18.1. The monoisotopic (exact) mass is 496 g/mol. The van der Waals surface area contributed by atoms with Crippen molar-refractivity contribution in [1.29, 1.82) is 0 Å². The van der Waals surface area contributed by atoms with E-state index in [1.165, 1.54) is 16.1 Å². The van der Waals surface area contributed by atoms with Crippen LogP contribution in [-0.4, -0.2) is 25.4 Å². The number of hydrogen-bond donors (Lipinski definition) is 0. The van der Waals surface area contributed by atoms with Crippen molar-refractivity contribution in [3.8, 4) is 0 Å². The molecule has 0 amide bonds. The number of anilines is 1. The quantitative estimate of drug-likeness (QED) is 0.342. The fourth-order valence-electron chi connectivity index (χ4n) is 2.01. The standard InChI is InChI=1S/C14H12ClNS.6FH.Sb/c15-12-6-7-14-13(8-12)16(10-17-14)9-11-4-2-1-3-5-11;;;;;;;/h1-8H,9-10H2;6*1H;/q;;;;;;;+5/p-6. The Hall–Kier alpha value is -0.722. The molecule has 10 heteroatoms. The molecule has 0 aromatic heterocycles. The molecule has 3 rings (SSSR count). The average molecular weight is 498 g/mol. The number of rotatable bonds is 2. The first kappa shape index (κ1) is 19.6. The third-order valence-corrected chi connectivity index (χ3v) is 4.19. The molecule has 1 heterocycles. The Morgan fingerprint density at radius 2 is 1.54 bits per heavy atom. The second-order valence-electron chi connectivity index (χ2n) is 5.03. The van der Waals surface area contributed by atoms with Gasteiger partial charge in [-0.15, -0.1) is 11.8 Å². The van der Waals surface area contributed by atoms with Crippen LogP contribution in [0.15, 0.2) is 53.4 Å². The Kier molecular flexibility index (Phi) is 5.08. The van der Waals surface area contributed by atoms with E-state index in [4.69, 9.17) is 11.6 Å². The van der Waals surface area contributed by atoms with E-state index in [9.17, 15) is 16.9 Å². The van der Waals surface area contributed by atoms with Crippen LogP contribution < -0.4 is 4.90 Å². The summed E-state index contributed by atoms with van der Waals surface area (Å²) < 4.78 is 59.6. The number of fused-ring (bicyclic) bond motifs is 1. The van der Waals surface area contributed by atoms with Gasteiger partial charge >= 0.3 is 36.4 Å². The van der Waals surface area contributed by atoms with Crippen LogP contribution in [0.2, 0.25) is 5.02 Å². The van der Waals surface area contributed by atoms with E-state index >= 15 is 0 Å². The molecule has 0 bridgehead atoms. The van der Waals surface area contributed by atoms with Crippen molar-refractivity contribution in [2.45, 2.75) is 11.4 Å². The predicted molar refractivity (Wildman–Crippen MR) is 87.2 cm³/mol. The SMILES string of the molecule is Clc1ccc2c(c1)N(Cc1ccccc1)CS2.[F][Sb-]([F])([F])([F])([F])[F]. The molecule has 0 saturated carbocycles. The molecule has 2 aromatic rings. The maximum absolute atomic E-state index is 11.2. The van der Waals surface area contributed by atoms with Gasteiger partial charge in [0.2, 0.25) is 0 Å². The molecule has 0 atom stereocenters. The van der Waals surface area contributed by atoms with Gasteiger partial charge in [-0.2, -0.15) is 0 Å². The average Bonchev–Trinajstić information content (AvgIpc) is 2.79. The molecule has 0 unspecified atom stereocenters. The van der Waals surface area contributed by atoms with Gasteiger partial charge in [0, 0.05) is 16.5 Å². The molecule has 0 N–H and O–H groups in total. The van der Waals surface area contributed by atoms with Crippen molar-refractivity contribution in [3.05, 3.63) is 59.1 Å². The molecule has 1 aliphatic heterocycles. The molecular formula is C14H12ClF6NSSb-. The van der Waals surface area contributed by atoms with Crippen LogP contribution >= 0.6 is 23.4 Å². The molecule has 24 heavy (non-hydrogen) atoms. The summed E-state index contributed by atoms with van der Waals surface area (Å²) in [4.78, 5) is 3.69. The zero-order valence-corrected chi connectivity index (χ0v) is 16.1. The first-order valence-corrected chi connectivity index (χ1v) is 13.7. The van der Waals surface area contributed by atoms with Crippen molar-refractivity contribution in [3.63, 3.8) is 0 Å². The van der Waals surface area contributed by atoms with E-state index in [1.807, 2.05) is 23.9 Å². The van der Waals surface area contributed by atoms with Gasteiger partial charge in [-0.1, -0.05) is 41.9 Å². The molecule has 0 spiro atoms. The first-order chi connectivity index (χ1) is 10.8. The fraction of sp³-hybridized carbons (Fsp3) is 0.143. The Balaban J connectivity index is 0.000000256. The molecule has 0 aliphatic carbocycles. The van der Waals surface area contributed by atoms with Crippen LogP contribution in [0.5, 0.6) is 0 Å². The molecule has 0 fully saturated rings. The summed E-state index contributed by atoms with van der Waals surface area (Å²) in [6.07, 6.45) is 0. The maximum atomic E-state index is 9.93. The minimum atomic E-state index is -11.2. The molecular weight excluding hydrogens is 485 g/mol. The number of hydrogen-bond acceptors (Lipinski definition) is 2. The summed E-state index contributed by atoms with van der Waals surface area (Å²) in [5, 5.41) is 0.810. The topological polar surface area (TPSA) is 3.24 Å².